The van der Waals surface area contributed by atoms with E-state index < -0.39 is 0 Å². The van der Waals surface area contributed by atoms with Crippen LogP contribution in [0.3, 0.4) is 0 Å². The van der Waals surface area contributed by atoms with Crippen molar-refractivity contribution in [3.63, 3.8) is 0 Å². The first kappa shape index (κ1) is 24.2. The Hall–Kier alpha value is -4.14. The fraction of sp³-hybridized carbons (Fsp3) is 0.100. The van der Waals surface area contributed by atoms with Gasteiger partial charge in [-0.15, -0.1) is 0 Å². The molecule has 1 aliphatic heterocycles. The lowest BCUT2D eigenvalue weighted by molar-refractivity contribution is -0.123. The van der Waals surface area contributed by atoms with Crippen molar-refractivity contribution >= 4 is 51.3 Å². The van der Waals surface area contributed by atoms with Gasteiger partial charge in [-0.25, -0.2) is 4.68 Å². The van der Waals surface area contributed by atoms with Crippen LogP contribution in [0.1, 0.15) is 24.1 Å². The quantitative estimate of drug-likeness (QED) is 0.168. The van der Waals surface area contributed by atoms with Gasteiger partial charge in [0.1, 0.15) is 10.0 Å². The maximum absolute atomic E-state index is 13.6. The summed E-state index contributed by atoms with van der Waals surface area (Å²) in [4.78, 5) is 15.8. The molecule has 1 amide bonds. The van der Waals surface area contributed by atoms with Crippen molar-refractivity contribution in [1.29, 1.82) is 0 Å². The Bertz CT molecular complexity index is 1690. The molecule has 0 spiro atoms. The van der Waals surface area contributed by atoms with Gasteiger partial charge in [-0.2, -0.15) is 5.10 Å². The third-order valence-electron chi connectivity index (χ3n) is 6.50. The van der Waals surface area contributed by atoms with Gasteiger partial charge in [-0.1, -0.05) is 84.6 Å². The third kappa shape index (κ3) is 4.31. The highest BCUT2D eigenvalue weighted by molar-refractivity contribution is 8.26. The van der Waals surface area contributed by atoms with Crippen LogP contribution in [0.25, 0.3) is 34.2 Å². The van der Waals surface area contributed by atoms with Crippen molar-refractivity contribution < 1.29 is 13.9 Å². The summed E-state index contributed by atoms with van der Waals surface area (Å²) in [6.07, 6.45) is 3.76. The fourth-order valence-corrected chi connectivity index (χ4v) is 5.96. The van der Waals surface area contributed by atoms with E-state index in [0.29, 0.717) is 32.0 Å². The van der Waals surface area contributed by atoms with Gasteiger partial charge in [0.05, 0.1) is 23.7 Å². The predicted molar refractivity (Wildman–Crippen MR) is 155 cm³/mol. The third-order valence-corrected chi connectivity index (χ3v) is 7.83. The number of thioether (sulfide) groups is 1. The summed E-state index contributed by atoms with van der Waals surface area (Å²) in [6.45, 7) is 1.99. The maximum Gasteiger partial charge on any atom is 0.266 e. The van der Waals surface area contributed by atoms with Gasteiger partial charge in [-0.05, 0) is 42.8 Å². The van der Waals surface area contributed by atoms with Gasteiger partial charge in [0.2, 0.25) is 0 Å². The van der Waals surface area contributed by atoms with E-state index in [1.54, 1.807) is 16.7 Å². The molecule has 0 aliphatic carbocycles. The lowest BCUT2D eigenvalue weighted by atomic mass is 10.1. The molecular formula is C30H23N3O3S2. The lowest BCUT2D eigenvalue weighted by Gasteiger charge is -2.23. The number of benzene rings is 3. The molecule has 0 bridgehead atoms. The molecule has 6 rings (SSSR count). The van der Waals surface area contributed by atoms with Gasteiger partial charge >= 0.3 is 0 Å². The topological polar surface area (TPSA) is 60.5 Å². The fourth-order valence-electron chi connectivity index (χ4n) is 4.55. The summed E-state index contributed by atoms with van der Waals surface area (Å²) >= 11 is 6.94. The minimum atomic E-state index is -0.177. The molecule has 1 unspecified atom stereocenters. The summed E-state index contributed by atoms with van der Waals surface area (Å²) in [6, 6.07) is 27.2. The van der Waals surface area contributed by atoms with Crippen LogP contribution in [-0.2, 0) is 4.79 Å². The number of methoxy groups -OCH3 is 1. The van der Waals surface area contributed by atoms with Crippen LogP contribution < -0.4 is 4.74 Å². The first-order chi connectivity index (χ1) is 18.5. The number of para-hydroxylation sites is 2. The van der Waals surface area contributed by atoms with Crippen molar-refractivity contribution in [3.05, 3.63) is 107 Å². The van der Waals surface area contributed by atoms with Gasteiger partial charge in [-0.3, -0.25) is 9.69 Å². The van der Waals surface area contributed by atoms with Crippen LogP contribution in [0.4, 0.5) is 0 Å². The van der Waals surface area contributed by atoms with E-state index in [9.17, 15) is 4.79 Å². The van der Waals surface area contributed by atoms with Crippen LogP contribution in [0.15, 0.2) is 100 Å². The number of thiocarbonyl (C=S) groups is 1. The number of hydrogen-bond acceptors (Lipinski definition) is 6. The summed E-state index contributed by atoms with van der Waals surface area (Å²) in [7, 11) is 1.62. The average Bonchev–Trinajstić information content (AvgIpc) is 3.64. The molecule has 6 nitrogen and oxygen atoms in total. The van der Waals surface area contributed by atoms with Crippen LogP contribution in [-0.4, -0.2) is 32.0 Å². The van der Waals surface area contributed by atoms with Crippen molar-refractivity contribution in [1.82, 2.24) is 14.7 Å². The minimum Gasteiger partial charge on any atom is -0.493 e. The van der Waals surface area contributed by atoms with E-state index in [0.717, 1.165) is 22.2 Å². The molecule has 2 aromatic heterocycles. The molecule has 1 saturated heterocycles. The molecule has 0 N–H and O–H groups in total. The largest absolute Gasteiger partial charge is 0.493 e. The normalized spacial score (nSPS) is 15.5. The molecule has 3 heterocycles. The Morgan fingerprint density at radius 2 is 1.76 bits per heavy atom. The number of carbonyl (C=O) groups excluding carboxylic acids is 1. The Morgan fingerprint density at radius 1 is 1.03 bits per heavy atom. The van der Waals surface area contributed by atoms with Crippen molar-refractivity contribution in [2.24, 2.45) is 0 Å². The zero-order chi connectivity index (χ0) is 26.2. The minimum absolute atomic E-state index is 0.124. The number of carbonyl (C=O) groups is 1. The zero-order valence-corrected chi connectivity index (χ0v) is 22.3. The van der Waals surface area contributed by atoms with Crippen LogP contribution in [0.5, 0.6) is 5.75 Å². The zero-order valence-electron chi connectivity index (χ0n) is 20.7. The Morgan fingerprint density at radius 3 is 2.50 bits per heavy atom. The van der Waals surface area contributed by atoms with E-state index >= 15 is 0 Å². The smallest absolute Gasteiger partial charge is 0.266 e. The highest BCUT2D eigenvalue weighted by atomic mass is 32.2. The number of aromatic nitrogens is 2. The Balaban J connectivity index is 1.44. The molecule has 8 heteroatoms. The van der Waals surface area contributed by atoms with E-state index in [2.05, 4.69) is 0 Å². The number of nitrogens with zero attached hydrogens (tertiary/aromatic N) is 3. The first-order valence-electron chi connectivity index (χ1n) is 12.1. The second kappa shape index (κ2) is 9.96. The van der Waals surface area contributed by atoms with Crippen molar-refractivity contribution in [2.45, 2.75) is 13.0 Å². The van der Waals surface area contributed by atoms with Gasteiger partial charge in [0, 0.05) is 17.1 Å². The maximum atomic E-state index is 13.6. The molecule has 3 aromatic carbocycles. The summed E-state index contributed by atoms with van der Waals surface area (Å²) < 4.78 is 14.0. The second-order valence-corrected chi connectivity index (χ2v) is 10.5. The molecular weight excluding hydrogens is 514 g/mol. The Labute approximate surface area is 229 Å². The predicted octanol–water partition coefficient (Wildman–Crippen LogP) is 7.26. The molecule has 38 heavy (non-hydrogen) atoms. The highest BCUT2D eigenvalue weighted by Crippen LogP contribution is 2.40. The number of hydrogen-bond donors (Lipinski definition) is 0. The average molecular weight is 538 g/mol. The monoisotopic (exact) mass is 537 g/mol. The van der Waals surface area contributed by atoms with Crippen molar-refractivity contribution in [2.75, 3.05) is 7.11 Å². The van der Waals surface area contributed by atoms with Crippen LogP contribution in [0.2, 0.25) is 0 Å². The summed E-state index contributed by atoms with van der Waals surface area (Å²) in [5, 5.41) is 5.76. The van der Waals surface area contributed by atoms with Gasteiger partial charge in [0.25, 0.3) is 5.91 Å². The van der Waals surface area contributed by atoms with Crippen molar-refractivity contribution in [3.8, 4) is 22.9 Å². The van der Waals surface area contributed by atoms with E-state index in [4.69, 9.17) is 26.5 Å². The number of ether oxygens (including phenoxy) is 1. The standard InChI is InChI=1S/C30H23N3O3S2/c1-19(20-10-5-3-6-11-20)33-29(34)26(38-30(33)37)17-22-18-32(23-13-7-4-8-14-23)31-27(22)25-16-21-12-9-15-24(35-2)28(21)36-25/h3-19H,1-2H3/b26-17-. The lowest BCUT2D eigenvalue weighted by Crippen LogP contribution is -2.30. The SMILES string of the molecule is COc1cccc2cc(-c3nn(-c4ccccc4)cc3/C=C3\SC(=S)N(C(C)c4ccccc4)C3=O)oc12. The molecule has 0 saturated carbocycles. The van der Waals surface area contributed by atoms with E-state index in [1.165, 1.54) is 11.8 Å². The van der Waals surface area contributed by atoms with Gasteiger partial charge < -0.3 is 9.15 Å². The highest BCUT2D eigenvalue weighted by Gasteiger charge is 2.36. The Kier molecular flexibility index (Phi) is 6.35. The summed E-state index contributed by atoms with van der Waals surface area (Å²) in [5.74, 6) is 1.10. The summed E-state index contributed by atoms with van der Waals surface area (Å²) in [5.41, 5.74) is 3.94. The second-order valence-electron chi connectivity index (χ2n) is 8.84. The molecule has 188 valence electrons. The van der Waals surface area contributed by atoms with Crippen LogP contribution >= 0.6 is 24.0 Å². The number of furan rings is 1. The molecule has 0 radical (unpaired) electrons. The van der Waals surface area contributed by atoms with Gasteiger partial charge in [0.15, 0.2) is 17.1 Å². The molecule has 1 atom stereocenters. The number of amides is 1. The van der Waals surface area contributed by atoms with E-state index in [-0.39, 0.29) is 11.9 Å². The number of rotatable bonds is 6. The molecule has 1 fully saturated rings. The van der Waals surface area contributed by atoms with E-state index in [1.807, 2.05) is 104 Å². The molecule has 5 aromatic rings. The number of fused-ring (bicyclic) bond motifs is 1. The molecule has 1 aliphatic rings. The first-order valence-corrected chi connectivity index (χ1v) is 13.3. The van der Waals surface area contributed by atoms with Crippen LogP contribution in [0, 0.1) is 0 Å².